The Morgan fingerprint density at radius 1 is 1.20 bits per heavy atom. The number of carbonyl (C=O) groups excluding carboxylic acids is 1. The van der Waals surface area contributed by atoms with Gasteiger partial charge in [0.2, 0.25) is 0 Å². The van der Waals surface area contributed by atoms with Gasteiger partial charge in [0, 0.05) is 18.7 Å². The highest BCUT2D eigenvalue weighted by molar-refractivity contribution is 5.74. The number of rotatable bonds is 7. The van der Waals surface area contributed by atoms with Crippen LogP contribution >= 0.6 is 0 Å². The number of nitrogens with zero attached hydrogens (tertiary/aromatic N) is 3. The summed E-state index contributed by atoms with van der Waals surface area (Å²) >= 11 is 0. The van der Waals surface area contributed by atoms with E-state index in [0.29, 0.717) is 23.6 Å². The van der Waals surface area contributed by atoms with Crippen LogP contribution in [0.4, 0.5) is 4.79 Å². The van der Waals surface area contributed by atoms with E-state index in [0.717, 1.165) is 18.7 Å². The second-order valence-electron chi connectivity index (χ2n) is 7.29. The highest BCUT2D eigenvalue weighted by atomic mass is 16.5. The van der Waals surface area contributed by atoms with Crippen LogP contribution in [0.25, 0.3) is 11.5 Å². The molecule has 2 fully saturated rings. The van der Waals surface area contributed by atoms with Gasteiger partial charge in [-0.3, -0.25) is 0 Å². The Hall–Kier alpha value is -2.37. The minimum atomic E-state index is -0.283. The molecule has 1 aromatic carbocycles. The lowest BCUT2D eigenvalue weighted by molar-refractivity contribution is 0.188. The zero-order chi connectivity index (χ0) is 17.2. The van der Waals surface area contributed by atoms with Crippen LogP contribution < -0.4 is 5.32 Å². The fourth-order valence-corrected chi connectivity index (χ4v) is 2.91. The summed E-state index contributed by atoms with van der Waals surface area (Å²) in [6.45, 7) is 3.64. The van der Waals surface area contributed by atoms with E-state index in [4.69, 9.17) is 4.52 Å². The molecule has 1 aromatic heterocycles. The molecular formula is C19H24N4O2. The molecule has 6 heteroatoms. The van der Waals surface area contributed by atoms with Gasteiger partial charge in [-0.05, 0) is 56.6 Å². The van der Waals surface area contributed by atoms with Gasteiger partial charge in [0.1, 0.15) is 0 Å². The average molecular weight is 340 g/mol. The number of aromatic nitrogens is 2. The largest absolute Gasteiger partial charge is 0.334 e. The lowest BCUT2D eigenvalue weighted by Gasteiger charge is -2.24. The first-order valence-electron chi connectivity index (χ1n) is 9.13. The Kier molecular flexibility index (Phi) is 4.42. The molecule has 1 atom stereocenters. The number of carbonyl (C=O) groups is 1. The summed E-state index contributed by atoms with van der Waals surface area (Å²) in [5.41, 5.74) is 0.879. The first-order chi connectivity index (χ1) is 12.2. The van der Waals surface area contributed by atoms with E-state index in [1.165, 1.54) is 25.7 Å². The van der Waals surface area contributed by atoms with Crippen LogP contribution in [0.1, 0.15) is 44.5 Å². The average Bonchev–Trinajstić information content (AvgIpc) is 3.55. The van der Waals surface area contributed by atoms with Gasteiger partial charge < -0.3 is 14.7 Å². The zero-order valence-corrected chi connectivity index (χ0v) is 14.5. The molecule has 1 heterocycles. The smallest absolute Gasteiger partial charge is 0.317 e. The third-order valence-electron chi connectivity index (χ3n) is 4.83. The highest BCUT2D eigenvalue weighted by Gasteiger charge is 2.32. The van der Waals surface area contributed by atoms with Gasteiger partial charge in [0.25, 0.3) is 5.89 Å². The van der Waals surface area contributed by atoms with Crippen LogP contribution in [0.5, 0.6) is 0 Å². The third-order valence-corrected chi connectivity index (χ3v) is 4.83. The van der Waals surface area contributed by atoms with Crippen molar-refractivity contribution in [2.75, 3.05) is 13.1 Å². The van der Waals surface area contributed by atoms with Crippen LogP contribution in [-0.4, -0.2) is 34.2 Å². The number of hydrogen-bond donors (Lipinski definition) is 1. The van der Waals surface area contributed by atoms with E-state index in [-0.39, 0.29) is 12.1 Å². The molecule has 1 N–H and O–H groups in total. The molecule has 25 heavy (non-hydrogen) atoms. The molecule has 2 amide bonds. The second kappa shape index (κ2) is 6.86. The van der Waals surface area contributed by atoms with Crippen molar-refractivity contribution < 1.29 is 9.32 Å². The van der Waals surface area contributed by atoms with E-state index in [2.05, 4.69) is 15.5 Å². The summed E-state index contributed by atoms with van der Waals surface area (Å²) in [5.74, 6) is 2.36. The number of hydrogen-bond acceptors (Lipinski definition) is 4. The minimum absolute atomic E-state index is 0.0163. The fraction of sp³-hybridized carbons (Fsp3) is 0.526. The van der Waals surface area contributed by atoms with Gasteiger partial charge in [-0.25, -0.2) is 4.79 Å². The molecule has 0 bridgehead atoms. The van der Waals surface area contributed by atoms with Crippen LogP contribution in [0.15, 0.2) is 34.9 Å². The predicted octanol–water partition coefficient (Wildman–Crippen LogP) is 3.63. The van der Waals surface area contributed by atoms with E-state index in [1.54, 1.807) is 0 Å². The van der Waals surface area contributed by atoms with Crippen molar-refractivity contribution in [2.45, 2.75) is 38.6 Å². The van der Waals surface area contributed by atoms with Crippen molar-refractivity contribution in [1.82, 2.24) is 20.4 Å². The summed E-state index contributed by atoms with van der Waals surface area (Å²) in [7, 11) is 0. The predicted molar refractivity (Wildman–Crippen MR) is 93.7 cm³/mol. The Balaban J connectivity index is 1.39. The highest BCUT2D eigenvalue weighted by Crippen LogP contribution is 2.33. The molecule has 2 aliphatic carbocycles. The number of benzene rings is 1. The molecule has 1 unspecified atom stereocenters. The monoisotopic (exact) mass is 340 g/mol. The minimum Gasteiger partial charge on any atom is -0.334 e. The van der Waals surface area contributed by atoms with Gasteiger partial charge in [0.05, 0.1) is 6.04 Å². The molecule has 0 saturated heterocycles. The fourth-order valence-electron chi connectivity index (χ4n) is 2.91. The number of amides is 2. The first kappa shape index (κ1) is 16.1. The third kappa shape index (κ3) is 4.18. The van der Waals surface area contributed by atoms with Crippen LogP contribution in [0.2, 0.25) is 0 Å². The SMILES string of the molecule is CC(NC(=O)N(CC1CC1)CC1CC1)c1noc(-c2ccccc2)n1. The van der Waals surface area contributed by atoms with Gasteiger partial charge >= 0.3 is 6.03 Å². The Bertz CT molecular complexity index is 708. The van der Waals surface area contributed by atoms with Crippen LogP contribution in [-0.2, 0) is 0 Å². The standard InChI is InChI=1S/C19H24N4O2/c1-13(17-21-18(25-22-17)16-5-3-2-4-6-16)20-19(24)23(11-14-7-8-14)12-15-9-10-15/h2-6,13-15H,7-12H2,1H3,(H,20,24). The molecule has 2 aliphatic rings. The summed E-state index contributed by atoms with van der Waals surface area (Å²) in [6, 6.07) is 9.35. The van der Waals surface area contributed by atoms with Gasteiger partial charge in [-0.15, -0.1) is 0 Å². The molecule has 2 saturated carbocycles. The second-order valence-corrected chi connectivity index (χ2v) is 7.29. The normalized spacial score (nSPS) is 18.0. The maximum atomic E-state index is 12.7. The van der Waals surface area contributed by atoms with Crippen molar-refractivity contribution in [2.24, 2.45) is 11.8 Å². The van der Waals surface area contributed by atoms with E-state index < -0.39 is 0 Å². The molecule has 0 radical (unpaired) electrons. The molecule has 0 spiro atoms. The zero-order valence-electron chi connectivity index (χ0n) is 14.5. The van der Waals surface area contributed by atoms with Crippen molar-refractivity contribution in [3.8, 4) is 11.5 Å². The van der Waals surface area contributed by atoms with Gasteiger partial charge in [0.15, 0.2) is 5.82 Å². The molecule has 132 valence electrons. The van der Waals surface area contributed by atoms with Crippen molar-refractivity contribution in [3.05, 3.63) is 36.2 Å². The summed E-state index contributed by atoms with van der Waals surface area (Å²) in [4.78, 5) is 19.1. The van der Waals surface area contributed by atoms with E-state index in [1.807, 2.05) is 42.2 Å². The first-order valence-corrected chi connectivity index (χ1v) is 9.13. The van der Waals surface area contributed by atoms with Crippen molar-refractivity contribution in [1.29, 1.82) is 0 Å². The van der Waals surface area contributed by atoms with E-state index in [9.17, 15) is 4.79 Å². The number of urea groups is 1. The molecule has 4 rings (SSSR count). The maximum Gasteiger partial charge on any atom is 0.317 e. The van der Waals surface area contributed by atoms with Gasteiger partial charge in [-0.2, -0.15) is 4.98 Å². The molecule has 0 aliphatic heterocycles. The lowest BCUT2D eigenvalue weighted by Crippen LogP contribution is -2.43. The maximum absolute atomic E-state index is 12.7. The number of nitrogens with one attached hydrogen (secondary N) is 1. The lowest BCUT2D eigenvalue weighted by atomic mass is 10.2. The molecular weight excluding hydrogens is 316 g/mol. The summed E-state index contributed by atoms with van der Waals surface area (Å²) < 4.78 is 5.34. The Morgan fingerprint density at radius 2 is 1.84 bits per heavy atom. The van der Waals surface area contributed by atoms with Gasteiger partial charge in [-0.1, -0.05) is 23.4 Å². The van der Waals surface area contributed by atoms with Crippen molar-refractivity contribution >= 4 is 6.03 Å². The van der Waals surface area contributed by atoms with Crippen molar-refractivity contribution in [3.63, 3.8) is 0 Å². The topological polar surface area (TPSA) is 71.3 Å². The Morgan fingerprint density at radius 3 is 2.44 bits per heavy atom. The van der Waals surface area contributed by atoms with E-state index >= 15 is 0 Å². The van der Waals surface area contributed by atoms with Crippen LogP contribution in [0, 0.1) is 11.8 Å². The summed E-state index contributed by atoms with van der Waals surface area (Å²) in [6.07, 6.45) is 4.98. The molecule has 6 nitrogen and oxygen atoms in total. The Labute approximate surface area is 147 Å². The van der Waals surface area contributed by atoms with Crippen LogP contribution in [0.3, 0.4) is 0 Å². The molecule has 2 aromatic rings. The quantitative estimate of drug-likeness (QED) is 0.835. The summed E-state index contributed by atoms with van der Waals surface area (Å²) in [5, 5.41) is 7.06.